The number of hydrogen-bond donors (Lipinski definition) is 0. The molecule has 1 aromatic carbocycles. The SMILES string of the molecule is CCOc1cc2c(cc1OCC)CC[C]=C2. The highest BCUT2D eigenvalue weighted by atomic mass is 16.5. The lowest BCUT2D eigenvalue weighted by Gasteiger charge is -2.16. The Morgan fingerprint density at radius 2 is 1.81 bits per heavy atom. The van der Waals surface area contributed by atoms with Gasteiger partial charge < -0.3 is 9.47 Å². The first-order valence-corrected chi connectivity index (χ1v) is 5.84. The summed E-state index contributed by atoms with van der Waals surface area (Å²) in [5, 5.41) is 0. The van der Waals surface area contributed by atoms with Crippen LogP contribution in [0.2, 0.25) is 0 Å². The summed E-state index contributed by atoms with van der Waals surface area (Å²) in [4.78, 5) is 0. The summed E-state index contributed by atoms with van der Waals surface area (Å²) in [6.45, 7) is 5.30. The zero-order valence-electron chi connectivity index (χ0n) is 9.88. The summed E-state index contributed by atoms with van der Waals surface area (Å²) in [6.07, 6.45) is 7.31. The fourth-order valence-electron chi connectivity index (χ4n) is 1.89. The minimum atomic E-state index is 0.659. The van der Waals surface area contributed by atoms with E-state index in [0.717, 1.165) is 24.3 Å². The molecule has 16 heavy (non-hydrogen) atoms. The Balaban J connectivity index is 2.38. The van der Waals surface area contributed by atoms with Crippen LogP contribution < -0.4 is 9.47 Å². The van der Waals surface area contributed by atoms with Gasteiger partial charge in [0.2, 0.25) is 0 Å². The second-order valence-corrected chi connectivity index (χ2v) is 3.71. The van der Waals surface area contributed by atoms with Crippen LogP contribution in [-0.2, 0) is 6.42 Å². The molecule has 0 unspecified atom stereocenters. The first-order chi connectivity index (χ1) is 7.85. The molecule has 0 fully saturated rings. The molecule has 0 saturated carbocycles. The van der Waals surface area contributed by atoms with E-state index in [1.165, 1.54) is 11.1 Å². The highest BCUT2D eigenvalue weighted by molar-refractivity contribution is 5.61. The molecule has 1 aromatic rings. The van der Waals surface area contributed by atoms with Crippen molar-refractivity contribution in [3.63, 3.8) is 0 Å². The Labute approximate surface area is 96.9 Å². The van der Waals surface area contributed by atoms with E-state index in [2.05, 4.69) is 18.2 Å². The largest absolute Gasteiger partial charge is 0.490 e. The second-order valence-electron chi connectivity index (χ2n) is 3.71. The Morgan fingerprint density at radius 1 is 1.12 bits per heavy atom. The van der Waals surface area contributed by atoms with Crippen molar-refractivity contribution in [3.8, 4) is 11.5 Å². The van der Waals surface area contributed by atoms with Crippen LogP contribution in [0.25, 0.3) is 6.08 Å². The van der Waals surface area contributed by atoms with Crippen molar-refractivity contribution in [3.05, 3.63) is 29.3 Å². The molecule has 0 aliphatic heterocycles. The molecule has 0 atom stereocenters. The molecule has 1 aliphatic carbocycles. The van der Waals surface area contributed by atoms with E-state index in [9.17, 15) is 0 Å². The van der Waals surface area contributed by atoms with Crippen molar-refractivity contribution < 1.29 is 9.47 Å². The van der Waals surface area contributed by atoms with Gasteiger partial charge in [-0.25, -0.2) is 0 Å². The highest BCUT2D eigenvalue weighted by Gasteiger charge is 2.12. The molecular weight excluding hydrogens is 200 g/mol. The smallest absolute Gasteiger partial charge is 0.161 e. The van der Waals surface area contributed by atoms with E-state index in [4.69, 9.17) is 9.47 Å². The molecule has 0 aromatic heterocycles. The summed E-state index contributed by atoms with van der Waals surface area (Å²) in [6, 6.07) is 4.15. The van der Waals surface area contributed by atoms with Crippen LogP contribution in [0, 0.1) is 6.08 Å². The van der Waals surface area contributed by atoms with Gasteiger partial charge in [0, 0.05) is 0 Å². The van der Waals surface area contributed by atoms with Crippen LogP contribution in [-0.4, -0.2) is 13.2 Å². The van der Waals surface area contributed by atoms with Crippen LogP contribution in [0.3, 0.4) is 0 Å². The van der Waals surface area contributed by atoms with Crippen molar-refractivity contribution in [1.82, 2.24) is 0 Å². The van der Waals surface area contributed by atoms with Gasteiger partial charge in [-0.3, -0.25) is 0 Å². The third-order valence-corrected chi connectivity index (χ3v) is 2.60. The molecule has 0 N–H and O–H groups in total. The lowest BCUT2D eigenvalue weighted by molar-refractivity contribution is 0.287. The van der Waals surface area contributed by atoms with E-state index in [0.29, 0.717) is 13.2 Å². The lowest BCUT2D eigenvalue weighted by Crippen LogP contribution is -2.02. The normalized spacial score (nSPS) is 13.4. The van der Waals surface area contributed by atoms with Gasteiger partial charge in [0.25, 0.3) is 0 Å². The standard InChI is InChI=1S/C14H17O2/c1-3-15-13-9-11-7-5-6-8-12(11)10-14(13)16-4-2/h8-10H,3-5,7H2,1-2H3. The minimum absolute atomic E-state index is 0.659. The molecule has 2 rings (SSSR count). The average Bonchev–Trinajstić information content (AvgIpc) is 2.30. The third-order valence-electron chi connectivity index (χ3n) is 2.60. The summed E-state index contributed by atoms with van der Waals surface area (Å²) in [5.41, 5.74) is 2.53. The fourth-order valence-corrected chi connectivity index (χ4v) is 1.89. The molecule has 1 radical (unpaired) electrons. The van der Waals surface area contributed by atoms with Gasteiger partial charge in [-0.2, -0.15) is 0 Å². The molecule has 2 heteroatoms. The summed E-state index contributed by atoms with van der Waals surface area (Å²) >= 11 is 0. The molecule has 0 amide bonds. The Bertz CT molecular complexity index is 394. The highest BCUT2D eigenvalue weighted by Crippen LogP contribution is 2.33. The predicted octanol–water partition coefficient (Wildman–Crippen LogP) is 3.25. The van der Waals surface area contributed by atoms with Gasteiger partial charge in [-0.1, -0.05) is 6.08 Å². The number of hydrogen-bond acceptors (Lipinski definition) is 2. The van der Waals surface area contributed by atoms with Crippen LogP contribution in [0.1, 0.15) is 31.4 Å². The lowest BCUT2D eigenvalue weighted by atomic mass is 9.97. The fraction of sp³-hybridized carbons (Fsp3) is 0.429. The zero-order valence-corrected chi connectivity index (χ0v) is 9.88. The molecule has 1 aliphatic rings. The van der Waals surface area contributed by atoms with E-state index in [1.807, 2.05) is 19.9 Å². The summed E-state index contributed by atoms with van der Waals surface area (Å²) < 4.78 is 11.2. The van der Waals surface area contributed by atoms with E-state index < -0.39 is 0 Å². The number of rotatable bonds is 4. The zero-order chi connectivity index (χ0) is 11.4. The molecule has 0 heterocycles. The van der Waals surface area contributed by atoms with Gasteiger partial charge in [0.15, 0.2) is 11.5 Å². The number of ether oxygens (including phenoxy) is 2. The van der Waals surface area contributed by atoms with E-state index >= 15 is 0 Å². The molecule has 85 valence electrons. The topological polar surface area (TPSA) is 18.5 Å². The van der Waals surface area contributed by atoms with Gasteiger partial charge >= 0.3 is 0 Å². The first kappa shape index (κ1) is 11.1. The number of aryl methyl sites for hydroxylation is 1. The van der Waals surface area contributed by atoms with Gasteiger partial charge in [-0.15, -0.1) is 0 Å². The maximum atomic E-state index is 5.60. The monoisotopic (exact) mass is 217 g/mol. The quantitative estimate of drug-likeness (QED) is 0.770. The average molecular weight is 217 g/mol. The molecular formula is C14H17O2. The van der Waals surface area contributed by atoms with Crippen molar-refractivity contribution in [2.24, 2.45) is 0 Å². The van der Waals surface area contributed by atoms with Crippen molar-refractivity contribution in [1.29, 1.82) is 0 Å². The molecule has 0 saturated heterocycles. The third kappa shape index (κ3) is 2.21. The molecule has 2 nitrogen and oxygen atoms in total. The van der Waals surface area contributed by atoms with Gasteiger partial charge in [0.05, 0.1) is 13.2 Å². The van der Waals surface area contributed by atoms with Crippen molar-refractivity contribution in [2.45, 2.75) is 26.7 Å². The van der Waals surface area contributed by atoms with Gasteiger partial charge in [0.1, 0.15) is 0 Å². The van der Waals surface area contributed by atoms with Crippen LogP contribution >= 0.6 is 0 Å². The summed E-state index contributed by atoms with van der Waals surface area (Å²) in [7, 11) is 0. The van der Waals surface area contributed by atoms with E-state index in [1.54, 1.807) is 0 Å². The van der Waals surface area contributed by atoms with Crippen molar-refractivity contribution >= 4 is 6.08 Å². The molecule has 0 bridgehead atoms. The van der Waals surface area contributed by atoms with Crippen molar-refractivity contribution in [2.75, 3.05) is 13.2 Å². The Morgan fingerprint density at radius 3 is 2.50 bits per heavy atom. The number of allylic oxidation sites excluding steroid dienone is 1. The maximum absolute atomic E-state index is 5.60. The number of benzene rings is 1. The second kappa shape index (κ2) is 5.06. The van der Waals surface area contributed by atoms with E-state index in [-0.39, 0.29) is 0 Å². The van der Waals surface area contributed by atoms with Crippen LogP contribution in [0.4, 0.5) is 0 Å². The maximum Gasteiger partial charge on any atom is 0.161 e. The molecule has 0 spiro atoms. The summed E-state index contributed by atoms with van der Waals surface area (Å²) in [5.74, 6) is 1.70. The van der Waals surface area contributed by atoms with Crippen LogP contribution in [0.15, 0.2) is 12.1 Å². The Kier molecular flexibility index (Phi) is 3.50. The van der Waals surface area contributed by atoms with Crippen LogP contribution in [0.5, 0.6) is 11.5 Å². The number of fused-ring (bicyclic) bond motifs is 1. The minimum Gasteiger partial charge on any atom is -0.490 e. The van der Waals surface area contributed by atoms with Gasteiger partial charge in [-0.05, 0) is 56.0 Å². The Hall–Kier alpha value is -1.44. The first-order valence-electron chi connectivity index (χ1n) is 5.84. The predicted molar refractivity (Wildman–Crippen MR) is 64.8 cm³/mol.